The van der Waals surface area contributed by atoms with E-state index in [1.54, 1.807) is 30.5 Å². The molecule has 0 atom stereocenters. The van der Waals surface area contributed by atoms with E-state index in [9.17, 15) is 13.2 Å². The van der Waals surface area contributed by atoms with Gasteiger partial charge in [-0.3, -0.25) is 9.36 Å². The van der Waals surface area contributed by atoms with Crippen molar-refractivity contribution in [3.63, 3.8) is 0 Å². The van der Waals surface area contributed by atoms with E-state index in [4.69, 9.17) is 0 Å². The summed E-state index contributed by atoms with van der Waals surface area (Å²) in [5.74, 6) is 0.111. The van der Waals surface area contributed by atoms with Gasteiger partial charge in [0.15, 0.2) is 5.16 Å². The molecule has 0 aliphatic rings. The maximum Gasteiger partial charge on any atom is 0.242 e. The molecule has 0 unspecified atom stereocenters. The number of nitrogens with zero attached hydrogens (tertiary/aromatic N) is 3. The Morgan fingerprint density at radius 2 is 1.84 bits per heavy atom. The smallest absolute Gasteiger partial charge is 0.242 e. The zero-order valence-corrected chi connectivity index (χ0v) is 19.6. The van der Waals surface area contributed by atoms with Crippen LogP contribution in [0.2, 0.25) is 0 Å². The summed E-state index contributed by atoms with van der Waals surface area (Å²) >= 11 is 1.37. The normalized spacial score (nSPS) is 11.6. The van der Waals surface area contributed by atoms with Crippen LogP contribution in [0.3, 0.4) is 0 Å². The van der Waals surface area contributed by atoms with Crippen molar-refractivity contribution in [2.24, 2.45) is 0 Å². The largest absolute Gasteiger partial charge is 0.351 e. The van der Waals surface area contributed by atoms with Gasteiger partial charge in [-0.2, -0.15) is 0 Å². The number of rotatable bonds is 8. The Balaban J connectivity index is 1.57. The lowest BCUT2D eigenvalue weighted by Crippen LogP contribution is -2.25. The molecule has 3 aromatic rings. The molecule has 0 spiro atoms. The highest BCUT2D eigenvalue weighted by Crippen LogP contribution is 2.23. The second kappa shape index (κ2) is 9.67. The van der Waals surface area contributed by atoms with Crippen molar-refractivity contribution in [3.05, 3.63) is 71.5 Å². The van der Waals surface area contributed by atoms with E-state index < -0.39 is 10.0 Å². The van der Waals surface area contributed by atoms with Crippen LogP contribution in [0.15, 0.2) is 64.9 Å². The minimum atomic E-state index is -3.46. The lowest BCUT2D eigenvalue weighted by atomic mass is 10.1. The molecule has 2 aromatic carbocycles. The van der Waals surface area contributed by atoms with Gasteiger partial charge < -0.3 is 5.32 Å². The molecule has 7 nitrogen and oxygen atoms in total. The number of imidazole rings is 1. The van der Waals surface area contributed by atoms with Gasteiger partial charge in [0.1, 0.15) is 0 Å². The van der Waals surface area contributed by atoms with Crippen molar-refractivity contribution >= 4 is 27.7 Å². The highest BCUT2D eigenvalue weighted by Gasteiger charge is 2.16. The van der Waals surface area contributed by atoms with Crippen LogP contribution in [0, 0.1) is 13.8 Å². The van der Waals surface area contributed by atoms with Gasteiger partial charge in [-0.05, 0) is 48.7 Å². The number of hydrogen-bond acceptors (Lipinski definition) is 5. The van der Waals surface area contributed by atoms with Crippen molar-refractivity contribution in [2.45, 2.75) is 30.4 Å². The number of benzene rings is 2. The molecule has 0 fully saturated rings. The molecule has 0 aliphatic heterocycles. The first-order valence-corrected chi connectivity index (χ1v) is 12.1. The van der Waals surface area contributed by atoms with Crippen molar-refractivity contribution < 1.29 is 13.2 Å². The summed E-state index contributed by atoms with van der Waals surface area (Å²) in [7, 11) is -0.473. The highest BCUT2D eigenvalue weighted by atomic mass is 32.2. The van der Waals surface area contributed by atoms with Crippen LogP contribution in [0.4, 0.5) is 0 Å². The lowest BCUT2D eigenvalue weighted by Gasteiger charge is -2.12. The number of hydrogen-bond donors (Lipinski definition) is 1. The number of aryl methyl sites for hydroxylation is 2. The molecule has 1 amide bonds. The van der Waals surface area contributed by atoms with Crippen LogP contribution in [-0.4, -0.2) is 48.0 Å². The monoisotopic (exact) mass is 458 g/mol. The molecule has 0 saturated carbocycles. The minimum absolute atomic E-state index is 0.120. The van der Waals surface area contributed by atoms with Crippen molar-refractivity contribution in [1.82, 2.24) is 19.2 Å². The molecular weight excluding hydrogens is 432 g/mol. The average Bonchev–Trinajstić information content (AvgIpc) is 3.21. The summed E-state index contributed by atoms with van der Waals surface area (Å²) < 4.78 is 27.4. The standard InChI is InChI=1S/C22H26N4O3S2/c1-16-5-6-17(2)20(13-16)26-12-11-23-22(26)30-15-21(27)24-14-18-7-9-19(10-8-18)31(28,29)25(3)4/h5-13H,14-15H2,1-4H3,(H,24,27). The van der Waals surface area contributed by atoms with Crippen LogP contribution in [-0.2, 0) is 21.4 Å². The number of sulfonamides is 1. The SMILES string of the molecule is Cc1ccc(C)c(-n2ccnc2SCC(=O)NCc2ccc(S(=O)(=O)N(C)C)cc2)c1. The zero-order chi connectivity index (χ0) is 22.6. The maximum atomic E-state index is 12.3. The number of carbonyl (C=O) groups is 1. The van der Waals surface area contributed by atoms with E-state index >= 15 is 0 Å². The summed E-state index contributed by atoms with van der Waals surface area (Å²) in [5, 5.41) is 3.62. The fourth-order valence-corrected chi connectivity index (χ4v) is 4.63. The van der Waals surface area contributed by atoms with E-state index in [1.165, 1.54) is 30.2 Å². The lowest BCUT2D eigenvalue weighted by molar-refractivity contribution is -0.118. The van der Waals surface area contributed by atoms with E-state index in [2.05, 4.69) is 28.5 Å². The molecular formula is C22H26N4O3S2. The third kappa shape index (κ3) is 5.55. The first-order chi connectivity index (χ1) is 14.7. The van der Waals surface area contributed by atoms with Gasteiger partial charge in [0.05, 0.1) is 16.3 Å². The van der Waals surface area contributed by atoms with Crippen LogP contribution in [0.5, 0.6) is 0 Å². The predicted octanol–water partition coefficient (Wildman–Crippen LogP) is 3.15. The molecule has 0 bridgehead atoms. The number of aromatic nitrogens is 2. The van der Waals surface area contributed by atoms with Crippen molar-refractivity contribution in [2.75, 3.05) is 19.8 Å². The van der Waals surface area contributed by atoms with E-state index in [0.29, 0.717) is 6.54 Å². The molecule has 1 aromatic heterocycles. The molecule has 0 aliphatic carbocycles. The maximum absolute atomic E-state index is 12.3. The van der Waals surface area contributed by atoms with Crippen LogP contribution >= 0.6 is 11.8 Å². The van der Waals surface area contributed by atoms with Gasteiger partial charge in [0.25, 0.3) is 0 Å². The Morgan fingerprint density at radius 1 is 1.13 bits per heavy atom. The summed E-state index contributed by atoms with van der Waals surface area (Å²) in [4.78, 5) is 16.9. The first-order valence-electron chi connectivity index (χ1n) is 9.70. The summed E-state index contributed by atoms with van der Waals surface area (Å²) in [6.45, 7) is 4.42. The van der Waals surface area contributed by atoms with Gasteiger partial charge >= 0.3 is 0 Å². The third-order valence-corrected chi connectivity index (χ3v) is 7.55. The molecule has 9 heteroatoms. The molecule has 1 heterocycles. The number of nitrogens with one attached hydrogen (secondary N) is 1. The van der Waals surface area contributed by atoms with Crippen LogP contribution in [0.25, 0.3) is 5.69 Å². The van der Waals surface area contributed by atoms with E-state index in [-0.39, 0.29) is 16.6 Å². The summed E-state index contributed by atoms with van der Waals surface area (Å²) in [6, 6.07) is 12.7. The predicted molar refractivity (Wildman–Crippen MR) is 123 cm³/mol. The third-order valence-electron chi connectivity index (χ3n) is 4.75. The Labute approximate surface area is 187 Å². The first kappa shape index (κ1) is 23.1. The molecule has 0 radical (unpaired) electrons. The number of amides is 1. The van der Waals surface area contributed by atoms with Gasteiger partial charge in [0.2, 0.25) is 15.9 Å². The van der Waals surface area contributed by atoms with Crippen molar-refractivity contribution in [1.29, 1.82) is 0 Å². The highest BCUT2D eigenvalue weighted by molar-refractivity contribution is 7.99. The van der Waals surface area contributed by atoms with E-state index in [1.807, 2.05) is 24.6 Å². The number of carbonyl (C=O) groups excluding carboxylic acids is 1. The Hall–Kier alpha value is -2.62. The quantitative estimate of drug-likeness (QED) is 0.524. The second-order valence-electron chi connectivity index (χ2n) is 7.37. The minimum Gasteiger partial charge on any atom is -0.351 e. The molecule has 1 N–H and O–H groups in total. The molecule has 3 rings (SSSR count). The Kier molecular flexibility index (Phi) is 7.19. The topological polar surface area (TPSA) is 84.3 Å². The summed E-state index contributed by atoms with van der Waals surface area (Å²) in [5.41, 5.74) is 4.17. The van der Waals surface area contributed by atoms with Gasteiger partial charge in [0, 0.05) is 33.0 Å². The fourth-order valence-electron chi connectivity index (χ4n) is 2.93. The van der Waals surface area contributed by atoms with Gasteiger partial charge in [-0.25, -0.2) is 17.7 Å². The van der Waals surface area contributed by atoms with E-state index in [0.717, 1.165) is 27.5 Å². The average molecular weight is 459 g/mol. The molecule has 0 saturated heterocycles. The van der Waals surface area contributed by atoms with Gasteiger partial charge in [-0.1, -0.05) is 36.0 Å². The van der Waals surface area contributed by atoms with Crippen LogP contribution in [0.1, 0.15) is 16.7 Å². The summed E-state index contributed by atoms with van der Waals surface area (Å²) in [6.07, 6.45) is 3.62. The van der Waals surface area contributed by atoms with Crippen LogP contribution < -0.4 is 5.32 Å². The molecule has 164 valence electrons. The fraction of sp³-hybridized carbons (Fsp3) is 0.273. The molecule has 31 heavy (non-hydrogen) atoms. The van der Waals surface area contributed by atoms with Crippen molar-refractivity contribution in [3.8, 4) is 5.69 Å². The number of thioether (sulfide) groups is 1. The van der Waals surface area contributed by atoms with Gasteiger partial charge in [-0.15, -0.1) is 0 Å². The Morgan fingerprint density at radius 3 is 2.52 bits per heavy atom. The Bertz CT molecular complexity index is 1170. The zero-order valence-electron chi connectivity index (χ0n) is 18.0. The second-order valence-corrected chi connectivity index (χ2v) is 10.5.